The standard InChI is InChI=1S/C12H13BrO2/c1-3-15-12(14)8-9(2)10-4-6-11(13)7-5-10/h4-8H,3H2,1-2H3. The van der Waals surface area contributed by atoms with E-state index < -0.39 is 0 Å². The molecule has 0 bridgehead atoms. The zero-order valence-electron chi connectivity index (χ0n) is 8.79. The number of ether oxygens (including phenoxy) is 1. The lowest BCUT2D eigenvalue weighted by Crippen LogP contribution is -2.00. The van der Waals surface area contributed by atoms with Gasteiger partial charge < -0.3 is 4.74 Å². The molecule has 0 saturated heterocycles. The van der Waals surface area contributed by atoms with E-state index in [0.29, 0.717) is 6.61 Å². The third-order valence-corrected chi connectivity index (χ3v) is 2.45. The summed E-state index contributed by atoms with van der Waals surface area (Å²) in [6.07, 6.45) is 1.51. The fourth-order valence-corrected chi connectivity index (χ4v) is 1.42. The Morgan fingerprint density at radius 1 is 1.40 bits per heavy atom. The molecule has 0 aromatic heterocycles. The van der Waals surface area contributed by atoms with Gasteiger partial charge in [0, 0.05) is 10.5 Å². The van der Waals surface area contributed by atoms with Gasteiger partial charge in [0.05, 0.1) is 6.61 Å². The summed E-state index contributed by atoms with van der Waals surface area (Å²) in [6.45, 7) is 4.09. The fraction of sp³-hybridized carbons (Fsp3) is 0.250. The fourth-order valence-electron chi connectivity index (χ4n) is 1.16. The van der Waals surface area contributed by atoms with Crippen LogP contribution in [0.3, 0.4) is 0 Å². The Morgan fingerprint density at radius 3 is 2.53 bits per heavy atom. The Bertz CT molecular complexity index is 366. The van der Waals surface area contributed by atoms with E-state index in [-0.39, 0.29) is 5.97 Å². The summed E-state index contributed by atoms with van der Waals surface area (Å²) in [6, 6.07) is 7.79. The van der Waals surface area contributed by atoms with E-state index in [1.807, 2.05) is 31.2 Å². The number of carbonyl (C=O) groups is 1. The normalized spacial score (nSPS) is 11.3. The van der Waals surface area contributed by atoms with Gasteiger partial charge in [0.15, 0.2) is 0 Å². The number of hydrogen-bond donors (Lipinski definition) is 0. The van der Waals surface area contributed by atoms with Crippen LogP contribution in [0.4, 0.5) is 0 Å². The first kappa shape index (κ1) is 12.0. The van der Waals surface area contributed by atoms with Crippen molar-refractivity contribution in [3.05, 3.63) is 40.4 Å². The van der Waals surface area contributed by atoms with Crippen molar-refractivity contribution in [1.29, 1.82) is 0 Å². The van der Waals surface area contributed by atoms with Crippen LogP contribution in [0.2, 0.25) is 0 Å². The molecule has 0 heterocycles. The third-order valence-electron chi connectivity index (χ3n) is 1.92. The molecule has 2 nitrogen and oxygen atoms in total. The number of allylic oxidation sites excluding steroid dienone is 1. The van der Waals surface area contributed by atoms with E-state index in [9.17, 15) is 4.79 Å². The minimum atomic E-state index is -0.294. The van der Waals surface area contributed by atoms with Crippen molar-refractivity contribution >= 4 is 27.5 Å². The monoisotopic (exact) mass is 268 g/mol. The van der Waals surface area contributed by atoms with Gasteiger partial charge in [0.25, 0.3) is 0 Å². The predicted octanol–water partition coefficient (Wildman–Crippen LogP) is 3.42. The van der Waals surface area contributed by atoms with E-state index in [0.717, 1.165) is 15.6 Å². The SMILES string of the molecule is CCOC(=O)C=C(C)c1ccc(Br)cc1. The molecular formula is C12H13BrO2. The lowest BCUT2D eigenvalue weighted by Gasteiger charge is -2.02. The van der Waals surface area contributed by atoms with Gasteiger partial charge in [0.2, 0.25) is 0 Å². The maximum absolute atomic E-state index is 11.2. The number of rotatable bonds is 3. The zero-order chi connectivity index (χ0) is 11.3. The lowest BCUT2D eigenvalue weighted by atomic mass is 10.1. The molecule has 0 aliphatic carbocycles. The van der Waals surface area contributed by atoms with Crippen molar-refractivity contribution in [2.45, 2.75) is 13.8 Å². The van der Waals surface area contributed by atoms with Crippen LogP contribution in [0.5, 0.6) is 0 Å². The first-order valence-corrected chi connectivity index (χ1v) is 5.53. The summed E-state index contributed by atoms with van der Waals surface area (Å²) in [5, 5.41) is 0. The molecule has 1 rings (SSSR count). The highest BCUT2D eigenvalue weighted by Gasteiger charge is 2.00. The zero-order valence-corrected chi connectivity index (χ0v) is 10.4. The highest BCUT2D eigenvalue weighted by molar-refractivity contribution is 9.10. The smallest absolute Gasteiger partial charge is 0.331 e. The van der Waals surface area contributed by atoms with E-state index >= 15 is 0 Å². The average molecular weight is 269 g/mol. The summed E-state index contributed by atoms with van der Waals surface area (Å²) in [5.74, 6) is -0.294. The second-order valence-electron chi connectivity index (χ2n) is 3.09. The van der Waals surface area contributed by atoms with Crippen LogP contribution >= 0.6 is 15.9 Å². The number of benzene rings is 1. The van der Waals surface area contributed by atoms with Gasteiger partial charge in [-0.25, -0.2) is 4.79 Å². The molecule has 0 unspecified atom stereocenters. The van der Waals surface area contributed by atoms with Crippen molar-refractivity contribution in [2.24, 2.45) is 0 Å². The van der Waals surface area contributed by atoms with Crippen LogP contribution in [0.15, 0.2) is 34.8 Å². The molecule has 0 amide bonds. The van der Waals surface area contributed by atoms with Gasteiger partial charge in [-0.1, -0.05) is 28.1 Å². The molecular weight excluding hydrogens is 256 g/mol. The molecule has 0 radical (unpaired) electrons. The summed E-state index contributed by atoms with van der Waals surface area (Å²) in [5.41, 5.74) is 1.92. The largest absolute Gasteiger partial charge is 0.463 e. The van der Waals surface area contributed by atoms with E-state index in [2.05, 4.69) is 15.9 Å². The Morgan fingerprint density at radius 2 is 2.00 bits per heavy atom. The lowest BCUT2D eigenvalue weighted by molar-refractivity contribution is -0.137. The van der Waals surface area contributed by atoms with Gasteiger partial charge in [-0.15, -0.1) is 0 Å². The van der Waals surface area contributed by atoms with Gasteiger partial charge >= 0.3 is 5.97 Å². The van der Waals surface area contributed by atoms with Crippen LogP contribution in [-0.2, 0) is 9.53 Å². The number of halogens is 1. The molecule has 0 spiro atoms. The highest BCUT2D eigenvalue weighted by atomic mass is 79.9. The van der Waals surface area contributed by atoms with Crippen LogP contribution in [-0.4, -0.2) is 12.6 Å². The average Bonchev–Trinajstić information content (AvgIpc) is 2.18. The second kappa shape index (κ2) is 5.71. The molecule has 0 aliphatic rings. The molecule has 0 aliphatic heterocycles. The molecule has 0 atom stereocenters. The number of esters is 1. The summed E-state index contributed by atoms with van der Waals surface area (Å²) in [7, 11) is 0. The Hall–Kier alpha value is -1.09. The summed E-state index contributed by atoms with van der Waals surface area (Å²) in [4.78, 5) is 11.2. The molecule has 0 N–H and O–H groups in total. The highest BCUT2D eigenvalue weighted by Crippen LogP contribution is 2.17. The van der Waals surface area contributed by atoms with Crippen LogP contribution in [0, 0.1) is 0 Å². The summed E-state index contributed by atoms with van der Waals surface area (Å²) >= 11 is 3.36. The van der Waals surface area contributed by atoms with Crippen molar-refractivity contribution in [1.82, 2.24) is 0 Å². The third kappa shape index (κ3) is 3.88. The van der Waals surface area contributed by atoms with Crippen LogP contribution in [0.1, 0.15) is 19.4 Å². The first-order chi connectivity index (χ1) is 7.13. The Kier molecular flexibility index (Phi) is 4.56. The van der Waals surface area contributed by atoms with Crippen LogP contribution in [0.25, 0.3) is 5.57 Å². The van der Waals surface area contributed by atoms with E-state index in [1.165, 1.54) is 6.08 Å². The predicted molar refractivity (Wildman–Crippen MR) is 64.4 cm³/mol. The van der Waals surface area contributed by atoms with Gasteiger partial charge in [-0.3, -0.25) is 0 Å². The van der Waals surface area contributed by atoms with Crippen LogP contribution < -0.4 is 0 Å². The quantitative estimate of drug-likeness (QED) is 0.620. The van der Waals surface area contributed by atoms with E-state index in [1.54, 1.807) is 6.92 Å². The maximum atomic E-state index is 11.2. The second-order valence-corrected chi connectivity index (χ2v) is 4.00. The van der Waals surface area contributed by atoms with Gasteiger partial charge in [-0.05, 0) is 37.1 Å². The summed E-state index contributed by atoms with van der Waals surface area (Å²) < 4.78 is 5.86. The van der Waals surface area contributed by atoms with E-state index in [4.69, 9.17) is 4.74 Å². The van der Waals surface area contributed by atoms with Crippen molar-refractivity contribution < 1.29 is 9.53 Å². The number of hydrogen-bond acceptors (Lipinski definition) is 2. The van der Waals surface area contributed by atoms with Crippen molar-refractivity contribution in [3.8, 4) is 0 Å². The molecule has 1 aromatic carbocycles. The number of carbonyl (C=O) groups excluding carboxylic acids is 1. The van der Waals surface area contributed by atoms with Gasteiger partial charge in [0.1, 0.15) is 0 Å². The molecule has 3 heteroatoms. The maximum Gasteiger partial charge on any atom is 0.331 e. The minimum absolute atomic E-state index is 0.294. The van der Waals surface area contributed by atoms with Gasteiger partial charge in [-0.2, -0.15) is 0 Å². The Balaban J connectivity index is 2.79. The Labute approximate surface area is 98.1 Å². The molecule has 1 aromatic rings. The topological polar surface area (TPSA) is 26.3 Å². The molecule has 80 valence electrons. The van der Waals surface area contributed by atoms with Crippen molar-refractivity contribution in [3.63, 3.8) is 0 Å². The minimum Gasteiger partial charge on any atom is -0.463 e. The molecule has 0 saturated carbocycles. The molecule has 15 heavy (non-hydrogen) atoms. The first-order valence-electron chi connectivity index (χ1n) is 4.74. The van der Waals surface area contributed by atoms with Crippen molar-refractivity contribution in [2.75, 3.05) is 6.61 Å². The molecule has 0 fully saturated rings.